The van der Waals surface area contributed by atoms with E-state index in [2.05, 4.69) is 6.08 Å². The zero-order chi connectivity index (χ0) is 22.1. The van der Waals surface area contributed by atoms with Gasteiger partial charge in [-0.15, -0.1) is 0 Å². The number of carbonyl (C=O) groups excluding carboxylic acids is 1. The zero-order valence-corrected chi connectivity index (χ0v) is 17.9. The van der Waals surface area contributed by atoms with Crippen molar-refractivity contribution in [2.75, 3.05) is 0 Å². The second-order valence-corrected chi connectivity index (χ2v) is 8.80. The summed E-state index contributed by atoms with van der Waals surface area (Å²) in [7, 11) is 0. The van der Waals surface area contributed by atoms with Crippen molar-refractivity contribution < 1.29 is 18.3 Å². The summed E-state index contributed by atoms with van der Waals surface area (Å²) < 4.78 is 32.4. The van der Waals surface area contributed by atoms with E-state index in [1.165, 1.54) is 18.2 Å². The second-order valence-electron chi connectivity index (χ2n) is 8.80. The highest BCUT2D eigenvalue weighted by Gasteiger charge is 2.31. The molecule has 2 saturated carbocycles. The zero-order valence-electron chi connectivity index (χ0n) is 17.9. The Kier molecular flexibility index (Phi) is 8.82. The van der Waals surface area contributed by atoms with E-state index in [9.17, 15) is 13.6 Å². The topological polar surface area (TPSA) is 50.1 Å². The van der Waals surface area contributed by atoms with Crippen LogP contribution in [0.4, 0.5) is 8.78 Å². The van der Waals surface area contributed by atoms with Gasteiger partial charge in [-0.25, -0.2) is 8.78 Å². The Morgan fingerprint density at radius 2 is 1.77 bits per heavy atom. The largest absolute Gasteiger partial charge is 0.462 e. The van der Waals surface area contributed by atoms with E-state index >= 15 is 0 Å². The Hall–Kier alpha value is -2.48. The quantitative estimate of drug-likeness (QED) is 0.274. The van der Waals surface area contributed by atoms with Crippen molar-refractivity contribution in [2.45, 2.75) is 76.2 Å². The average Bonchev–Trinajstić information content (AvgIpc) is 2.79. The molecular weight excluding hydrogens is 396 g/mol. The molecule has 1 aromatic carbocycles. The average molecular weight is 428 g/mol. The lowest BCUT2D eigenvalue weighted by molar-refractivity contribution is -0.157. The summed E-state index contributed by atoms with van der Waals surface area (Å²) in [6.07, 6.45) is 16.4. The Labute approximate surface area is 183 Å². The van der Waals surface area contributed by atoms with Gasteiger partial charge in [-0.3, -0.25) is 4.79 Å². The van der Waals surface area contributed by atoms with Crippen molar-refractivity contribution >= 4 is 5.97 Å². The molecule has 2 fully saturated rings. The van der Waals surface area contributed by atoms with E-state index in [1.54, 1.807) is 12.1 Å². The first-order chi connectivity index (χ1) is 15.1. The Morgan fingerprint density at radius 1 is 1.03 bits per heavy atom. The van der Waals surface area contributed by atoms with Gasteiger partial charge in [-0.05, 0) is 93.7 Å². The number of carbonyl (C=O) groups is 1. The first-order valence-corrected chi connectivity index (χ1v) is 11.4. The number of esters is 1. The lowest BCUT2D eigenvalue weighted by Crippen LogP contribution is -2.29. The Balaban J connectivity index is 1.35. The van der Waals surface area contributed by atoms with Crippen LogP contribution in [-0.2, 0) is 9.53 Å². The molecule has 0 amide bonds. The van der Waals surface area contributed by atoms with Crippen molar-refractivity contribution in [3.63, 3.8) is 0 Å². The van der Waals surface area contributed by atoms with Crippen LogP contribution in [0.2, 0.25) is 0 Å². The molecule has 0 heterocycles. The van der Waals surface area contributed by atoms with Gasteiger partial charge >= 0.3 is 5.97 Å². The number of benzene rings is 1. The Bertz CT molecular complexity index is 826. The molecule has 3 rings (SSSR count). The SMILES string of the molecule is N#CC=CC=CCC[C@H]1CC[C@H](C(=O)O[C@H]2CC[C@H](c3ccc(F)c(F)c3)CC2)CC1. The third kappa shape index (κ3) is 7.02. The number of allylic oxidation sites excluding steroid dienone is 4. The molecular formula is C26H31F2NO2. The number of hydrogen-bond donors (Lipinski definition) is 0. The molecule has 3 nitrogen and oxygen atoms in total. The van der Waals surface area contributed by atoms with E-state index in [0.29, 0.717) is 5.92 Å². The molecule has 2 aliphatic carbocycles. The monoisotopic (exact) mass is 427 g/mol. The fraction of sp³-hybridized carbons (Fsp3) is 0.538. The maximum atomic E-state index is 13.5. The van der Waals surface area contributed by atoms with Gasteiger partial charge < -0.3 is 4.74 Å². The van der Waals surface area contributed by atoms with E-state index in [0.717, 1.165) is 69.8 Å². The first kappa shape index (κ1) is 23.2. The van der Waals surface area contributed by atoms with E-state index in [1.807, 2.05) is 12.1 Å². The van der Waals surface area contributed by atoms with Crippen LogP contribution in [0.1, 0.15) is 75.7 Å². The Morgan fingerprint density at radius 3 is 2.45 bits per heavy atom. The van der Waals surface area contributed by atoms with Gasteiger partial charge in [0.15, 0.2) is 11.6 Å². The number of nitriles is 1. The van der Waals surface area contributed by atoms with Gasteiger partial charge in [-0.1, -0.05) is 24.3 Å². The van der Waals surface area contributed by atoms with Crippen LogP contribution < -0.4 is 0 Å². The van der Waals surface area contributed by atoms with Crippen LogP contribution in [-0.4, -0.2) is 12.1 Å². The minimum absolute atomic E-state index is 0.00859. The fourth-order valence-electron chi connectivity index (χ4n) is 4.83. The summed E-state index contributed by atoms with van der Waals surface area (Å²) in [5, 5.41) is 8.44. The van der Waals surface area contributed by atoms with Gasteiger partial charge in [0, 0.05) is 6.08 Å². The van der Waals surface area contributed by atoms with Crippen LogP contribution in [0.15, 0.2) is 42.5 Å². The van der Waals surface area contributed by atoms with Crippen molar-refractivity contribution in [1.82, 2.24) is 0 Å². The minimum Gasteiger partial charge on any atom is -0.462 e. The lowest BCUT2D eigenvalue weighted by Gasteiger charge is -2.31. The molecule has 166 valence electrons. The summed E-state index contributed by atoms with van der Waals surface area (Å²) in [6, 6.07) is 6.11. The fourth-order valence-corrected chi connectivity index (χ4v) is 4.83. The molecule has 0 aromatic heterocycles. The number of halogens is 2. The molecule has 0 atom stereocenters. The maximum absolute atomic E-state index is 13.5. The van der Waals surface area contributed by atoms with Crippen LogP contribution in [0.5, 0.6) is 0 Å². The summed E-state index contributed by atoms with van der Waals surface area (Å²) in [4.78, 5) is 12.6. The van der Waals surface area contributed by atoms with Gasteiger partial charge in [0.2, 0.25) is 0 Å². The summed E-state index contributed by atoms with van der Waals surface area (Å²) in [5.41, 5.74) is 0.831. The van der Waals surface area contributed by atoms with Crippen LogP contribution in [0, 0.1) is 34.8 Å². The lowest BCUT2D eigenvalue weighted by atomic mass is 9.79. The van der Waals surface area contributed by atoms with Crippen LogP contribution in [0.25, 0.3) is 0 Å². The third-order valence-electron chi connectivity index (χ3n) is 6.71. The predicted octanol–water partition coefficient (Wildman–Crippen LogP) is 6.76. The molecule has 0 spiro atoms. The van der Waals surface area contributed by atoms with Gasteiger partial charge in [0.1, 0.15) is 6.10 Å². The standard InChI is InChI=1S/C26H31F2NO2/c27-24-16-13-22(18-25(24)28)20-11-14-23(15-12-20)31-26(30)21-9-7-19(8-10-21)6-4-2-1-3-5-17-29/h1-3,5,13,16,18-21,23H,4,6-12,14-15H2/t19-,20-,21-,23-. The third-order valence-corrected chi connectivity index (χ3v) is 6.71. The van der Waals surface area contributed by atoms with Gasteiger partial charge in [0.05, 0.1) is 12.0 Å². The normalized spacial score (nSPS) is 26.7. The van der Waals surface area contributed by atoms with Crippen molar-refractivity contribution in [3.8, 4) is 6.07 Å². The maximum Gasteiger partial charge on any atom is 0.309 e. The first-order valence-electron chi connectivity index (χ1n) is 11.4. The molecule has 0 N–H and O–H groups in total. The molecule has 5 heteroatoms. The predicted molar refractivity (Wildman–Crippen MR) is 116 cm³/mol. The van der Waals surface area contributed by atoms with Crippen molar-refractivity contribution in [1.29, 1.82) is 5.26 Å². The summed E-state index contributed by atoms with van der Waals surface area (Å²) >= 11 is 0. The number of nitrogens with zero attached hydrogens (tertiary/aromatic N) is 1. The van der Waals surface area contributed by atoms with Gasteiger partial charge in [-0.2, -0.15) is 5.26 Å². The highest BCUT2D eigenvalue weighted by molar-refractivity contribution is 5.72. The molecule has 0 bridgehead atoms. The molecule has 0 aliphatic heterocycles. The molecule has 0 unspecified atom stereocenters. The molecule has 0 saturated heterocycles. The van der Waals surface area contributed by atoms with Gasteiger partial charge in [0.25, 0.3) is 0 Å². The highest BCUT2D eigenvalue weighted by Crippen LogP contribution is 2.36. The van der Waals surface area contributed by atoms with Crippen molar-refractivity contribution in [3.05, 3.63) is 59.7 Å². The number of ether oxygens (including phenoxy) is 1. The van der Waals surface area contributed by atoms with E-state index in [4.69, 9.17) is 10.00 Å². The van der Waals surface area contributed by atoms with E-state index < -0.39 is 11.6 Å². The molecule has 31 heavy (non-hydrogen) atoms. The van der Waals surface area contributed by atoms with E-state index in [-0.39, 0.29) is 23.9 Å². The smallest absolute Gasteiger partial charge is 0.309 e. The second kappa shape index (κ2) is 11.8. The number of hydrogen-bond acceptors (Lipinski definition) is 3. The summed E-state index contributed by atoms with van der Waals surface area (Å²) in [6.45, 7) is 0. The minimum atomic E-state index is -0.815. The van der Waals surface area contributed by atoms with Crippen molar-refractivity contribution in [2.24, 2.45) is 11.8 Å². The molecule has 0 radical (unpaired) electrons. The molecule has 2 aliphatic rings. The molecule has 1 aromatic rings. The number of rotatable bonds is 7. The van der Waals surface area contributed by atoms with Crippen LogP contribution in [0.3, 0.4) is 0 Å². The highest BCUT2D eigenvalue weighted by atomic mass is 19.2. The summed E-state index contributed by atoms with van der Waals surface area (Å²) in [5.74, 6) is -0.811. The van der Waals surface area contributed by atoms with Crippen LogP contribution >= 0.6 is 0 Å².